The Labute approximate surface area is 213 Å². The van der Waals surface area contributed by atoms with Gasteiger partial charge in [0, 0.05) is 30.1 Å². The predicted octanol–water partition coefficient (Wildman–Crippen LogP) is 4.87. The summed E-state index contributed by atoms with van der Waals surface area (Å²) in [4.78, 5) is 30.6. The van der Waals surface area contributed by atoms with Crippen LogP contribution in [-0.2, 0) is 19.5 Å². The summed E-state index contributed by atoms with van der Waals surface area (Å²) < 4.78 is 1.78. The van der Waals surface area contributed by atoms with Crippen molar-refractivity contribution in [3.63, 3.8) is 0 Å². The van der Waals surface area contributed by atoms with E-state index in [4.69, 9.17) is 28.3 Å². The summed E-state index contributed by atoms with van der Waals surface area (Å²) in [5.74, 6) is -0.278. The normalized spacial score (nSPS) is 18.0. The summed E-state index contributed by atoms with van der Waals surface area (Å²) in [5, 5.41) is 14.7. The van der Waals surface area contributed by atoms with Crippen LogP contribution in [-0.4, -0.2) is 44.0 Å². The quantitative estimate of drug-likeness (QED) is 0.506. The van der Waals surface area contributed by atoms with E-state index in [-0.39, 0.29) is 23.9 Å². The molecular formula is C26H23Cl2N5O2. The van der Waals surface area contributed by atoms with Crippen LogP contribution in [0.25, 0.3) is 0 Å². The van der Waals surface area contributed by atoms with E-state index in [1.54, 1.807) is 33.8 Å². The minimum Gasteiger partial charge on any atom is -0.331 e. The number of hydrogen-bond donors (Lipinski definition) is 0. The molecule has 178 valence electrons. The van der Waals surface area contributed by atoms with Crippen LogP contribution in [0.1, 0.15) is 63.1 Å². The number of carbonyl (C=O) groups excluding carboxylic acids is 2. The van der Waals surface area contributed by atoms with Gasteiger partial charge in [0.2, 0.25) is 0 Å². The third-order valence-corrected chi connectivity index (χ3v) is 7.63. The van der Waals surface area contributed by atoms with E-state index in [2.05, 4.69) is 6.07 Å². The molecule has 0 spiro atoms. The molecule has 0 aliphatic carbocycles. The summed E-state index contributed by atoms with van der Waals surface area (Å²) in [7, 11) is 0. The third kappa shape index (κ3) is 4.07. The van der Waals surface area contributed by atoms with Crippen molar-refractivity contribution in [3.05, 3.63) is 86.2 Å². The van der Waals surface area contributed by atoms with Crippen molar-refractivity contribution >= 4 is 35.0 Å². The maximum absolute atomic E-state index is 13.7. The van der Waals surface area contributed by atoms with Gasteiger partial charge in [-0.05, 0) is 49.7 Å². The summed E-state index contributed by atoms with van der Waals surface area (Å²) in [6, 6.07) is 14.1. The van der Waals surface area contributed by atoms with Gasteiger partial charge in [-0.3, -0.25) is 14.3 Å². The standard InChI is InChI=1S/C26H23Cl2N5O2/c1-15-10-23-20(14-32(15)25(34)19-6-7-21(27)22(28)12-19)24-26(35)31(8-9-33(24)30-23)16(2)18-5-3-4-17(11-18)13-29/h3-7,11-12,15-16H,8-10,14H2,1-2H3/t15-,16?/m1/s1. The minimum atomic E-state index is -0.202. The molecule has 5 rings (SSSR count). The van der Waals surface area contributed by atoms with Gasteiger partial charge in [0.15, 0.2) is 0 Å². The highest BCUT2D eigenvalue weighted by molar-refractivity contribution is 6.42. The maximum Gasteiger partial charge on any atom is 0.273 e. The highest BCUT2D eigenvalue weighted by atomic mass is 35.5. The van der Waals surface area contributed by atoms with E-state index in [0.29, 0.717) is 52.9 Å². The number of nitriles is 1. The number of rotatable bonds is 3. The molecule has 1 unspecified atom stereocenters. The molecule has 9 heteroatoms. The first-order valence-corrected chi connectivity index (χ1v) is 12.2. The molecule has 0 saturated heterocycles. The second-order valence-electron chi connectivity index (χ2n) is 9.02. The number of halogens is 2. The van der Waals surface area contributed by atoms with Gasteiger partial charge >= 0.3 is 0 Å². The fourth-order valence-corrected chi connectivity index (χ4v) is 5.22. The lowest BCUT2D eigenvalue weighted by molar-refractivity contribution is 0.0605. The Balaban J connectivity index is 1.45. The third-order valence-electron chi connectivity index (χ3n) is 6.89. The van der Waals surface area contributed by atoms with Crippen molar-refractivity contribution in [2.24, 2.45) is 0 Å². The molecule has 3 heterocycles. The van der Waals surface area contributed by atoms with E-state index in [1.165, 1.54) is 0 Å². The van der Waals surface area contributed by atoms with Gasteiger partial charge in [-0.15, -0.1) is 0 Å². The van der Waals surface area contributed by atoms with Crippen LogP contribution in [0.3, 0.4) is 0 Å². The maximum atomic E-state index is 13.7. The van der Waals surface area contributed by atoms with Crippen LogP contribution in [0.5, 0.6) is 0 Å². The Morgan fingerprint density at radius 1 is 1.17 bits per heavy atom. The topological polar surface area (TPSA) is 82.2 Å². The van der Waals surface area contributed by atoms with Gasteiger partial charge in [0.05, 0.1) is 46.5 Å². The molecule has 0 N–H and O–H groups in total. The smallest absolute Gasteiger partial charge is 0.273 e. The number of aromatic nitrogens is 2. The average Bonchev–Trinajstić information content (AvgIpc) is 3.22. The molecular weight excluding hydrogens is 485 g/mol. The Bertz CT molecular complexity index is 1390. The zero-order valence-corrected chi connectivity index (χ0v) is 20.8. The summed E-state index contributed by atoms with van der Waals surface area (Å²) in [6.45, 7) is 5.34. The Morgan fingerprint density at radius 3 is 2.71 bits per heavy atom. The van der Waals surface area contributed by atoms with Gasteiger partial charge in [0.25, 0.3) is 11.8 Å². The molecule has 0 bridgehead atoms. The van der Waals surface area contributed by atoms with Crippen molar-refractivity contribution in [2.75, 3.05) is 6.54 Å². The van der Waals surface area contributed by atoms with Gasteiger partial charge in [-0.2, -0.15) is 10.4 Å². The molecule has 3 aromatic rings. The molecule has 7 nitrogen and oxygen atoms in total. The lowest BCUT2D eigenvalue weighted by Gasteiger charge is -2.35. The van der Waals surface area contributed by atoms with Crippen LogP contribution in [0.2, 0.25) is 10.0 Å². The first-order chi connectivity index (χ1) is 16.8. The van der Waals surface area contributed by atoms with Gasteiger partial charge in [-0.25, -0.2) is 0 Å². The fraction of sp³-hybridized carbons (Fsp3) is 0.308. The highest BCUT2D eigenvalue weighted by Crippen LogP contribution is 2.33. The van der Waals surface area contributed by atoms with E-state index in [9.17, 15) is 14.9 Å². The van der Waals surface area contributed by atoms with Crippen LogP contribution in [0, 0.1) is 11.3 Å². The van der Waals surface area contributed by atoms with Crippen LogP contribution in [0.4, 0.5) is 0 Å². The zero-order valence-electron chi connectivity index (χ0n) is 19.3. The predicted molar refractivity (Wildman–Crippen MR) is 132 cm³/mol. The molecule has 2 amide bonds. The van der Waals surface area contributed by atoms with Crippen LogP contribution < -0.4 is 0 Å². The SMILES string of the molecule is CC(c1cccc(C#N)c1)N1CCn2nc3c(c2C1=O)CN(C(=O)c1ccc(Cl)c(Cl)c1)[C@H](C)C3. The molecule has 2 atom stereocenters. The second-order valence-corrected chi connectivity index (χ2v) is 9.84. The van der Waals surface area contributed by atoms with E-state index in [0.717, 1.165) is 16.8 Å². The summed E-state index contributed by atoms with van der Waals surface area (Å²) in [6.07, 6.45) is 0.565. The van der Waals surface area contributed by atoms with Crippen molar-refractivity contribution in [2.45, 2.75) is 45.4 Å². The molecule has 35 heavy (non-hydrogen) atoms. The molecule has 0 radical (unpaired) electrons. The van der Waals surface area contributed by atoms with Crippen LogP contribution >= 0.6 is 23.2 Å². The molecule has 0 fully saturated rings. The van der Waals surface area contributed by atoms with Crippen LogP contribution in [0.15, 0.2) is 42.5 Å². The minimum absolute atomic E-state index is 0.0831. The Kier molecular flexibility index (Phi) is 6.04. The largest absolute Gasteiger partial charge is 0.331 e. The van der Waals surface area contributed by atoms with Crippen molar-refractivity contribution in [1.82, 2.24) is 19.6 Å². The molecule has 0 saturated carbocycles. The van der Waals surface area contributed by atoms with Crippen molar-refractivity contribution in [1.29, 1.82) is 5.26 Å². The number of amides is 2. The van der Waals surface area contributed by atoms with E-state index < -0.39 is 0 Å². The Hall–Kier alpha value is -3.34. The fourth-order valence-electron chi connectivity index (χ4n) is 4.92. The Morgan fingerprint density at radius 2 is 1.97 bits per heavy atom. The number of nitrogens with zero attached hydrogens (tertiary/aromatic N) is 5. The average molecular weight is 508 g/mol. The molecule has 2 aliphatic rings. The zero-order chi connectivity index (χ0) is 24.9. The number of hydrogen-bond acceptors (Lipinski definition) is 4. The highest BCUT2D eigenvalue weighted by Gasteiger charge is 2.38. The molecule has 2 aromatic carbocycles. The number of carbonyl (C=O) groups is 2. The van der Waals surface area contributed by atoms with Gasteiger partial charge in [-0.1, -0.05) is 35.3 Å². The molecule has 2 aliphatic heterocycles. The number of benzene rings is 2. The van der Waals surface area contributed by atoms with Crippen molar-refractivity contribution < 1.29 is 9.59 Å². The lowest BCUT2D eigenvalue weighted by Crippen LogP contribution is -2.44. The van der Waals surface area contributed by atoms with Gasteiger partial charge < -0.3 is 9.80 Å². The van der Waals surface area contributed by atoms with E-state index in [1.807, 2.05) is 36.9 Å². The summed E-state index contributed by atoms with van der Waals surface area (Å²) in [5.41, 5.74) is 4.11. The second kappa shape index (κ2) is 9.03. The molecule has 1 aromatic heterocycles. The summed E-state index contributed by atoms with van der Waals surface area (Å²) >= 11 is 12.2. The number of fused-ring (bicyclic) bond motifs is 3. The first kappa shape index (κ1) is 23.4. The van der Waals surface area contributed by atoms with Gasteiger partial charge in [0.1, 0.15) is 5.69 Å². The van der Waals surface area contributed by atoms with E-state index >= 15 is 0 Å². The first-order valence-electron chi connectivity index (χ1n) is 11.4. The van der Waals surface area contributed by atoms with Crippen molar-refractivity contribution in [3.8, 4) is 6.07 Å². The lowest BCUT2D eigenvalue weighted by atomic mass is 9.97. The monoisotopic (exact) mass is 507 g/mol.